The van der Waals surface area contributed by atoms with Gasteiger partial charge in [0.1, 0.15) is 5.67 Å². The van der Waals surface area contributed by atoms with Crippen molar-refractivity contribution < 1.29 is 4.39 Å². The van der Waals surface area contributed by atoms with Gasteiger partial charge in [0.25, 0.3) is 0 Å². The molecule has 2 nitrogen and oxygen atoms in total. The third kappa shape index (κ3) is 3.70. The van der Waals surface area contributed by atoms with Crippen LogP contribution in [0.5, 0.6) is 0 Å². The molecule has 0 N–H and O–H groups in total. The molecule has 0 saturated carbocycles. The largest absolute Gasteiger partial charge is 0.257 e. The Kier molecular flexibility index (Phi) is 4.35. The van der Waals surface area contributed by atoms with Crippen LogP contribution in [0.1, 0.15) is 26.3 Å². The lowest BCUT2D eigenvalue weighted by Crippen LogP contribution is -2.32. The van der Waals surface area contributed by atoms with E-state index in [-0.39, 0.29) is 6.04 Å². The molecule has 1 heterocycles. The zero-order chi connectivity index (χ0) is 16.4. The van der Waals surface area contributed by atoms with Crippen molar-refractivity contribution in [2.75, 3.05) is 0 Å². The highest BCUT2D eigenvalue weighted by Crippen LogP contribution is 2.28. The fraction of sp³-hybridized carbons (Fsp3) is 0.263. The first-order chi connectivity index (χ1) is 10.9. The molecule has 118 valence electrons. The summed E-state index contributed by atoms with van der Waals surface area (Å²) in [4.78, 5) is 11.3. The number of aliphatic imine (C=N–C) groups is 2. The van der Waals surface area contributed by atoms with E-state index >= 15 is 0 Å². The van der Waals surface area contributed by atoms with Crippen LogP contribution in [0.15, 0.2) is 74.4 Å². The van der Waals surface area contributed by atoms with E-state index in [4.69, 9.17) is 0 Å². The minimum absolute atomic E-state index is 0.205. The van der Waals surface area contributed by atoms with Crippen LogP contribution >= 0.6 is 11.8 Å². The Balaban J connectivity index is 1.78. The van der Waals surface area contributed by atoms with Crippen LogP contribution in [0.4, 0.5) is 4.39 Å². The number of hydrogen-bond donors (Lipinski definition) is 0. The first-order valence-corrected chi connectivity index (χ1v) is 8.44. The molecule has 0 spiro atoms. The van der Waals surface area contributed by atoms with Crippen LogP contribution in [0.25, 0.3) is 0 Å². The van der Waals surface area contributed by atoms with Gasteiger partial charge in [-0.1, -0.05) is 42.1 Å². The van der Waals surface area contributed by atoms with Crippen molar-refractivity contribution in [3.8, 4) is 0 Å². The normalized spacial score (nSPS) is 17.8. The number of benzene rings is 2. The van der Waals surface area contributed by atoms with E-state index in [1.165, 1.54) is 18.7 Å². The van der Waals surface area contributed by atoms with Crippen LogP contribution in [0, 0.1) is 0 Å². The maximum absolute atomic E-state index is 14.1. The van der Waals surface area contributed by atoms with Crippen molar-refractivity contribution in [1.29, 1.82) is 0 Å². The van der Waals surface area contributed by atoms with Crippen molar-refractivity contribution in [1.82, 2.24) is 0 Å². The van der Waals surface area contributed by atoms with Gasteiger partial charge in [-0.25, -0.2) is 9.38 Å². The fourth-order valence-corrected chi connectivity index (χ4v) is 3.38. The summed E-state index contributed by atoms with van der Waals surface area (Å²) in [6.45, 7) is 4.94. The van der Waals surface area contributed by atoms with Gasteiger partial charge in [0.05, 0.1) is 11.8 Å². The summed E-state index contributed by atoms with van der Waals surface area (Å²) in [7, 11) is 0. The molecule has 2 aromatic carbocycles. The van der Waals surface area contributed by atoms with Gasteiger partial charge in [0.15, 0.2) is 5.84 Å². The van der Waals surface area contributed by atoms with Crippen LogP contribution in [0.3, 0.4) is 0 Å². The number of halogens is 1. The van der Waals surface area contributed by atoms with Crippen molar-refractivity contribution >= 4 is 23.3 Å². The molecule has 1 aliphatic rings. The molecule has 0 aromatic heterocycles. The Morgan fingerprint density at radius 1 is 0.957 bits per heavy atom. The van der Waals surface area contributed by atoms with Crippen molar-refractivity contribution in [2.45, 2.75) is 42.3 Å². The van der Waals surface area contributed by atoms with E-state index in [0.717, 1.165) is 10.5 Å². The van der Waals surface area contributed by atoms with E-state index in [0.29, 0.717) is 11.5 Å². The van der Waals surface area contributed by atoms with E-state index < -0.39 is 5.67 Å². The van der Waals surface area contributed by atoms with Gasteiger partial charge >= 0.3 is 0 Å². The summed E-state index contributed by atoms with van der Waals surface area (Å²) >= 11 is 1.71. The molecule has 0 unspecified atom stereocenters. The summed E-state index contributed by atoms with van der Waals surface area (Å²) in [5.41, 5.74) is -0.0166. The highest BCUT2D eigenvalue weighted by molar-refractivity contribution is 7.99. The predicted octanol–water partition coefficient (Wildman–Crippen LogP) is 5.18. The van der Waals surface area contributed by atoms with Crippen molar-refractivity contribution in [3.63, 3.8) is 0 Å². The van der Waals surface area contributed by atoms with Gasteiger partial charge in [-0.15, -0.1) is 0 Å². The summed E-state index contributed by atoms with van der Waals surface area (Å²) in [5, 5.41) is 0. The lowest BCUT2D eigenvalue weighted by Gasteiger charge is -2.16. The predicted molar refractivity (Wildman–Crippen MR) is 95.6 cm³/mol. The highest BCUT2D eigenvalue weighted by atomic mass is 32.2. The van der Waals surface area contributed by atoms with E-state index in [9.17, 15) is 4.39 Å². The second-order valence-electron chi connectivity index (χ2n) is 6.04. The second-order valence-corrected chi connectivity index (χ2v) is 7.18. The molecule has 0 bridgehead atoms. The Morgan fingerprint density at radius 2 is 1.57 bits per heavy atom. The number of nitrogens with zero attached hydrogens (tertiary/aromatic N) is 2. The second kappa shape index (κ2) is 6.28. The van der Waals surface area contributed by atoms with Gasteiger partial charge in [-0.2, -0.15) is 0 Å². The Morgan fingerprint density at radius 3 is 2.13 bits per heavy atom. The van der Waals surface area contributed by atoms with E-state index in [2.05, 4.69) is 22.1 Å². The van der Waals surface area contributed by atoms with E-state index in [1.807, 2.05) is 49.4 Å². The highest BCUT2D eigenvalue weighted by Gasteiger charge is 2.32. The molecular weight excluding hydrogens is 307 g/mol. The minimum atomic E-state index is -1.44. The monoisotopic (exact) mass is 326 g/mol. The standard InChI is InChI=1S/C19H19FN2S/c1-13-17(19(2,3)20)22-18(21-13)14-9-11-16(12-10-14)23-15-7-5-4-6-8-15/h4-13H,1-3H3/t13-/m0/s1. The van der Waals surface area contributed by atoms with Crippen LogP contribution in [-0.4, -0.2) is 23.3 Å². The minimum Gasteiger partial charge on any atom is -0.257 e. The molecule has 2 aromatic rings. The summed E-state index contributed by atoms with van der Waals surface area (Å²) in [5.74, 6) is 0.620. The van der Waals surface area contributed by atoms with Gasteiger partial charge in [0.2, 0.25) is 0 Å². The van der Waals surface area contributed by atoms with Crippen molar-refractivity contribution in [2.24, 2.45) is 9.98 Å². The van der Waals surface area contributed by atoms with E-state index in [1.54, 1.807) is 11.8 Å². The maximum atomic E-state index is 14.1. The molecule has 1 atom stereocenters. The van der Waals surface area contributed by atoms with Gasteiger partial charge < -0.3 is 0 Å². The molecule has 23 heavy (non-hydrogen) atoms. The molecule has 0 radical (unpaired) electrons. The molecule has 3 rings (SSSR count). The Bertz CT molecular complexity index is 743. The average molecular weight is 326 g/mol. The molecular formula is C19H19FN2S. The first-order valence-electron chi connectivity index (χ1n) is 7.62. The SMILES string of the molecule is C[C@@H]1N=C(c2ccc(Sc3ccccc3)cc2)N=C1C(C)(C)F. The quantitative estimate of drug-likeness (QED) is 0.760. The number of rotatable bonds is 4. The lowest BCUT2D eigenvalue weighted by molar-refractivity contribution is 0.309. The molecule has 0 saturated heterocycles. The van der Waals surface area contributed by atoms with Crippen LogP contribution < -0.4 is 0 Å². The van der Waals surface area contributed by atoms with Crippen molar-refractivity contribution in [3.05, 3.63) is 60.2 Å². The smallest absolute Gasteiger partial charge is 0.155 e. The molecule has 0 fully saturated rings. The van der Waals surface area contributed by atoms with Crippen LogP contribution in [-0.2, 0) is 0 Å². The fourth-order valence-electron chi connectivity index (χ4n) is 2.55. The molecule has 1 aliphatic heterocycles. The third-order valence-corrected chi connectivity index (χ3v) is 4.65. The maximum Gasteiger partial charge on any atom is 0.155 e. The van der Waals surface area contributed by atoms with Crippen LogP contribution in [0.2, 0.25) is 0 Å². The summed E-state index contributed by atoms with van der Waals surface area (Å²) in [6.07, 6.45) is 0. The molecule has 4 heteroatoms. The average Bonchev–Trinajstić information content (AvgIpc) is 2.91. The number of amidine groups is 1. The van der Waals surface area contributed by atoms with Gasteiger partial charge in [-0.3, -0.25) is 4.99 Å². The molecule has 0 amide bonds. The summed E-state index contributed by atoms with van der Waals surface area (Å²) < 4.78 is 14.1. The molecule has 0 aliphatic carbocycles. The number of alkyl halides is 1. The third-order valence-electron chi connectivity index (χ3n) is 3.64. The first kappa shape index (κ1) is 15.9. The zero-order valence-corrected chi connectivity index (χ0v) is 14.3. The number of hydrogen-bond acceptors (Lipinski definition) is 3. The summed E-state index contributed by atoms with van der Waals surface area (Å²) in [6, 6.07) is 18.1. The van der Waals surface area contributed by atoms with Gasteiger partial charge in [0, 0.05) is 15.4 Å². The lowest BCUT2D eigenvalue weighted by atomic mass is 10.00. The zero-order valence-electron chi connectivity index (χ0n) is 13.5. The topological polar surface area (TPSA) is 24.7 Å². The Labute approximate surface area is 140 Å². The van der Waals surface area contributed by atoms with Gasteiger partial charge in [-0.05, 0) is 45.0 Å². The Hall–Kier alpha value is -1.94.